The molecule has 0 aliphatic rings. The van der Waals surface area contributed by atoms with Gasteiger partial charge >= 0.3 is 0 Å². The summed E-state index contributed by atoms with van der Waals surface area (Å²) < 4.78 is 4.00. The van der Waals surface area contributed by atoms with Crippen LogP contribution in [-0.4, -0.2) is 25.4 Å². The lowest BCUT2D eigenvalue weighted by Crippen LogP contribution is -2.28. The molecule has 0 fully saturated rings. The van der Waals surface area contributed by atoms with Crippen LogP contribution < -0.4 is 10.9 Å². The molecule has 0 amide bonds. The van der Waals surface area contributed by atoms with Crippen LogP contribution in [0.5, 0.6) is 0 Å². The van der Waals surface area contributed by atoms with E-state index in [1.165, 1.54) is 4.68 Å². The van der Waals surface area contributed by atoms with Crippen LogP contribution in [-0.2, 0) is 13.1 Å². The summed E-state index contributed by atoms with van der Waals surface area (Å²) >= 11 is 3.37. The van der Waals surface area contributed by atoms with E-state index < -0.39 is 0 Å². The number of hydrogen-bond acceptors (Lipinski definition) is 4. The highest BCUT2D eigenvalue weighted by Gasteiger charge is 2.12. The maximum atomic E-state index is 12.2. The third-order valence-electron chi connectivity index (χ3n) is 2.97. The van der Waals surface area contributed by atoms with Gasteiger partial charge in [0.15, 0.2) is 0 Å². The van der Waals surface area contributed by atoms with E-state index in [-0.39, 0.29) is 11.6 Å². The zero-order chi connectivity index (χ0) is 15.4. The fraction of sp³-hybridized carbons (Fsp3) is 0.500. The lowest BCUT2D eigenvalue weighted by atomic mass is 10.2. The Morgan fingerprint density at radius 1 is 1.33 bits per heavy atom. The molecule has 0 aliphatic heterocycles. The van der Waals surface area contributed by atoms with E-state index in [1.54, 1.807) is 18.7 Å². The van der Waals surface area contributed by atoms with Gasteiger partial charge in [0.05, 0.1) is 18.2 Å². The van der Waals surface area contributed by atoms with E-state index in [9.17, 15) is 4.79 Å². The average Bonchev–Trinajstić information content (AvgIpc) is 2.91. The van der Waals surface area contributed by atoms with Crippen molar-refractivity contribution in [3.63, 3.8) is 0 Å². The Kier molecular flexibility index (Phi) is 5.17. The van der Waals surface area contributed by atoms with E-state index >= 15 is 0 Å². The summed E-state index contributed by atoms with van der Waals surface area (Å²) in [6.45, 7) is 7.54. The lowest BCUT2D eigenvalue weighted by molar-refractivity contribution is 0.462. The molecule has 21 heavy (non-hydrogen) atoms. The molecule has 6 nitrogen and oxygen atoms in total. The summed E-state index contributed by atoms with van der Waals surface area (Å²) in [5.41, 5.74) is 0.608. The predicted octanol–water partition coefficient (Wildman–Crippen LogP) is 2.36. The van der Waals surface area contributed by atoms with Crippen molar-refractivity contribution >= 4 is 21.6 Å². The van der Waals surface area contributed by atoms with E-state index in [0.717, 1.165) is 6.54 Å². The minimum atomic E-state index is -0.108. The van der Waals surface area contributed by atoms with Crippen LogP contribution in [0.3, 0.4) is 0 Å². The molecule has 114 valence electrons. The Bertz CT molecular complexity index is 635. The highest BCUT2D eigenvalue weighted by Crippen LogP contribution is 2.17. The second-order valence-corrected chi connectivity index (χ2v) is 6.35. The average molecular weight is 354 g/mol. The van der Waals surface area contributed by atoms with Crippen molar-refractivity contribution in [2.45, 2.75) is 39.9 Å². The number of hydrogen-bond donors (Lipinski definition) is 1. The molecule has 2 rings (SSSR count). The normalized spacial score (nSPS) is 12.6. The van der Waals surface area contributed by atoms with Crippen molar-refractivity contribution in [2.24, 2.45) is 5.92 Å². The molecule has 0 bridgehead atoms. The molecule has 1 atom stereocenters. The molecule has 0 spiro atoms. The van der Waals surface area contributed by atoms with Gasteiger partial charge in [-0.2, -0.15) is 5.10 Å². The summed E-state index contributed by atoms with van der Waals surface area (Å²) in [6.07, 6.45) is 7.12. The molecule has 2 heterocycles. The minimum Gasteiger partial charge on any atom is -0.378 e. The highest BCUT2D eigenvalue weighted by molar-refractivity contribution is 9.10. The van der Waals surface area contributed by atoms with E-state index in [2.05, 4.69) is 45.2 Å². The van der Waals surface area contributed by atoms with Crippen LogP contribution in [0, 0.1) is 5.92 Å². The van der Waals surface area contributed by atoms with Crippen LogP contribution in [0.4, 0.5) is 5.69 Å². The SMILES string of the molecule is CC(C)Cn1ncc(NC(C)Cn2ccnc2)c(Br)c1=O. The van der Waals surface area contributed by atoms with Crippen molar-refractivity contribution in [1.29, 1.82) is 0 Å². The van der Waals surface area contributed by atoms with Crippen molar-refractivity contribution in [2.75, 3.05) is 5.32 Å². The summed E-state index contributed by atoms with van der Waals surface area (Å²) in [4.78, 5) is 16.2. The molecule has 2 aromatic rings. The van der Waals surface area contributed by atoms with E-state index in [0.29, 0.717) is 22.6 Å². The van der Waals surface area contributed by atoms with Crippen molar-refractivity contribution in [3.8, 4) is 0 Å². The molecule has 1 unspecified atom stereocenters. The van der Waals surface area contributed by atoms with Gasteiger partial charge in [-0.25, -0.2) is 9.67 Å². The van der Waals surface area contributed by atoms with Crippen molar-refractivity contribution < 1.29 is 0 Å². The fourth-order valence-corrected chi connectivity index (χ4v) is 2.49. The van der Waals surface area contributed by atoms with Crippen LogP contribution in [0.2, 0.25) is 0 Å². The van der Waals surface area contributed by atoms with Crippen LogP contribution in [0.25, 0.3) is 0 Å². The Balaban J connectivity index is 2.10. The Hall–Kier alpha value is -1.63. The molecule has 2 aromatic heterocycles. The largest absolute Gasteiger partial charge is 0.378 e. The van der Waals surface area contributed by atoms with Gasteiger partial charge in [-0.3, -0.25) is 4.79 Å². The first-order chi connectivity index (χ1) is 9.97. The van der Waals surface area contributed by atoms with Crippen LogP contribution in [0.1, 0.15) is 20.8 Å². The highest BCUT2D eigenvalue weighted by atomic mass is 79.9. The Morgan fingerprint density at radius 3 is 2.71 bits per heavy atom. The fourth-order valence-electron chi connectivity index (χ4n) is 2.06. The molecular weight excluding hydrogens is 334 g/mol. The molecule has 0 aromatic carbocycles. The van der Waals surface area contributed by atoms with Gasteiger partial charge in [0.25, 0.3) is 5.56 Å². The first kappa shape index (κ1) is 15.8. The number of nitrogens with zero attached hydrogens (tertiary/aromatic N) is 4. The second kappa shape index (κ2) is 6.89. The Labute approximate surface area is 132 Å². The zero-order valence-corrected chi connectivity index (χ0v) is 14.0. The third-order valence-corrected chi connectivity index (χ3v) is 3.74. The predicted molar refractivity (Wildman–Crippen MR) is 86.3 cm³/mol. The topological polar surface area (TPSA) is 64.7 Å². The molecule has 0 saturated heterocycles. The van der Waals surface area contributed by atoms with E-state index in [1.807, 2.05) is 17.7 Å². The van der Waals surface area contributed by atoms with Gasteiger partial charge in [0.2, 0.25) is 0 Å². The van der Waals surface area contributed by atoms with Crippen LogP contribution in [0.15, 0.2) is 34.2 Å². The minimum absolute atomic E-state index is 0.108. The van der Waals surface area contributed by atoms with E-state index in [4.69, 9.17) is 0 Å². The number of halogens is 1. The smallest absolute Gasteiger partial charge is 0.283 e. The number of nitrogens with one attached hydrogen (secondary N) is 1. The molecular formula is C14H20BrN5O. The summed E-state index contributed by atoms with van der Waals surface area (Å²) in [6, 6.07) is 0.151. The molecule has 7 heteroatoms. The third kappa shape index (κ3) is 4.17. The maximum absolute atomic E-state index is 12.2. The maximum Gasteiger partial charge on any atom is 0.283 e. The summed E-state index contributed by atoms with van der Waals surface area (Å²) in [5.74, 6) is 0.376. The quantitative estimate of drug-likeness (QED) is 0.865. The molecule has 0 saturated carbocycles. The van der Waals surface area contributed by atoms with Crippen molar-refractivity contribution in [3.05, 3.63) is 39.7 Å². The van der Waals surface area contributed by atoms with Gasteiger partial charge in [0, 0.05) is 31.5 Å². The molecule has 0 aliphatic carbocycles. The van der Waals surface area contributed by atoms with Crippen LogP contribution >= 0.6 is 15.9 Å². The second-order valence-electron chi connectivity index (χ2n) is 5.56. The number of rotatable bonds is 6. The standard InChI is InChI=1S/C14H20BrN5O/c1-10(2)7-20-14(21)13(15)12(6-17-20)18-11(3)8-19-5-4-16-9-19/h4-6,9-11,18H,7-8H2,1-3H3. The zero-order valence-electron chi connectivity index (χ0n) is 12.5. The first-order valence-electron chi connectivity index (χ1n) is 6.95. The van der Waals surface area contributed by atoms with Gasteiger partial charge in [-0.05, 0) is 28.8 Å². The molecule has 0 radical (unpaired) electrons. The monoisotopic (exact) mass is 353 g/mol. The van der Waals surface area contributed by atoms with Gasteiger partial charge in [0.1, 0.15) is 4.47 Å². The number of anilines is 1. The van der Waals surface area contributed by atoms with Gasteiger partial charge < -0.3 is 9.88 Å². The van der Waals surface area contributed by atoms with Crippen molar-refractivity contribution in [1.82, 2.24) is 19.3 Å². The lowest BCUT2D eigenvalue weighted by Gasteiger charge is -2.17. The Morgan fingerprint density at radius 2 is 2.10 bits per heavy atom. The first-order valence-corrected chi connectivity index (χ1v) is 7.74. The molecule has 1 N–H and O–H groups in total. The number of aromatic nitrogens is 4. The summed E-state index contributed by atoms with van der Waals surface area (Å²) in [7, 11) is 0. The number of imidazole rings is 1. The van der Waals surface area contributed by atoms with Gasteiger partial charge in [-0.15, -0.1) is 0 Å². The van der Waals surface area contributed by atoms with Gasteiger partial charge in [-0.1, -0.05) is 13.8 Å². The summed E-state index contributed by atoms with van der Waals surface area (Å²) in [5, 5.41) is 7.52.